The highest BCUT2D eigenvalue weighted by atomic mass is 16.6. The first-order chi connectivity index (χ1) is 67.4. The van der Waals surface area contributed by atoms with Gasteiger partial charge < -0.3 is 110 Å². The summed E-state index contributed by atoms with van der Waals surface area (Å²) in [5.41, 5.74) is 27.9. The number of benzene rings is 2. The summed E-state index contributed by atoms with van der Waals surface area (Å²) < 4.78 is 49.1. The predicted octanol–water partition coefficient (Wildman–Crippen LogP) is 6.28. The van der Waals surface area contributed by atoms with E-state index in [2.05, 4.69) is 67.5 Å². The highest BCUT2D eigenvalue weighted by molar-refractivity contribution is 6.39. The zero-order valence-electron chi connectivity index (χ0n) is 81.3. The largest absolute Gasteiger partial charge is 0.459 e. The number of carbonyl (C=O) groups excluding carboxylic acids is 8. The number of nitrogens with one attached hydrogen (secondary N) is 2. The molecule has 1 aliphatic carbocycles. The van der Waals surface area contributed by atoms with E-state index in [4.69, 9.17) is 59.9 Å². The summed E-state index contributed by atoms with van der Waals surface area (Å²) in [6, 6.07) is 9.69. The summed E-state index contributed by atoms with van der Waals surface area (Å²) in [5, 5.41) is 57.9. The Balaban J connectivity index is 0.459. The molecule has 1 saturated carbocycles. The maximum Gasteiger partial charge on any atom is 0.407 e. The SMILES string of the molecule is CO[C@H]1C[C@@H]2CC[C@@H](C)[C@@](O)(O2)C(=O)C(=O)N2CCCC[C@H]2C(=O)O[C@H]([C@H](N)C[C@@H]2CC[C@@H](OC(=O)NCCOCCC(=O)NCc3cnc(N4CCN(C(=O)CCOCCN5CCN(c6ncc(C(=O)N7CCc8cc(Cn9nc(-c%10ccc%11oc(N)nc%11c%10)c%10c(N)ncnc%109)ccc8C7)cn6)CC5)CC4)nc3)[C@H](OC)C2)C[C@@H](O)[C@H](C)/C=C(\C)[C@@H](O)[C@@H](O)C(=O)[C@H](C)C[C@H](C)/C=C/C=CC=C1C. The summed E-state index contributed by atoms with van der Waals surface area (Å²) in [6.45, 7) is 18.8. The van der Waals surface area contributed by atoms with Crippen LogP contribution in [0, 0.1) is 29.6 Å². The quantitative estimate of drug-likeness (QED) is 0.0125. The van der Waals surface area contributed by atoms with Crippen LogP contribution in [0.2, 0.25) is 0 Å². The lowest BCUT2D eigenvalue weighted by atomic mass is 9.80. The molecule has 2 bridgehead atoms. The van der Waals surface area contributed by atoms with Crippen LogP contribution in [0.5, 0.6) is 0 Å². The van der Waals surface area contributed by atoms with Gasteiger partial charge in [0.2, 0.25) is 29.5 Å². The van der Waals surface area contributed by atoms with Gasteiger partial charge in [0, 0.05) is 185 Å². The Kier molecular flexibility index (Phi) is 36.2. The van der Waals surface area contributed by atoms with Crippen LogP contribution in [0.3, 0.4) is 0 Å². The van der Waals surface area contributed by atoms with Crippen molar-refractivity contribution in [3.8, 4) is 11.3 Å². The summed E-state index contributed by atoms with van der Waals surface area (Å²) in [5.74, 6) is -7.59. The molecule has 14 rings (SSSR count). The average molecular weight is 1940 g/mol. The molecule has 0 unspecified atom stereocenters. The monoisotopic (exact) mass is 1940 g/mol. The number of Topliss-reactive ketones (excluding diaryl/α,β-unsaturated/α-hetero) is 2. The number of hydrogen-bond donors (Lipinski definition) is 9. The van der Waals surface area contributed by atoms with Gasteiger partial charge in [-0.05, 0) is 142 Å². The third-order valence-corrected chi connectivity index (χ3v) is 28.2. The molecule has 0 radical (unpaired) electrons. The third-order valence-electron chi connectivity index (χ3n) is 28.2. The van der Waals surface area contributed by atoms with Gasteiger partial charge in [0.1, 0.15) is 53.8 Å². The van der Waals surface area contributed by atoms with E-state index < -0.39 is 114 Å². The van der Waals surface area contributed by atoms with Gasteiger partial charge in [0.15, 0.2) is 17.0 Å². The lowest BCUT2D eigenvalue weighted by Gasteiger charge is -2.42. The summed E-state index contributed by atoms with van der Waals surface area (Å²) in [6.07, 6.45) is 14.8. The number of ketones is 2. The number of piperidine rings is 1. The highest BCUT2D eigenvalue weighted by Crippen LogP contribution is 2.40. The number of esters is 1. The molecule has 7 aromatic rings. The van der Waals surface area contributed by atoms with Crippen LogP contribution in [0.1, 0.15) is 164 Å². The van der Waals surface area contributed by atoms with E-state index >= 15 is 0 Å². The maximum atomic E-state index is 14.7. The molecule has 140 heavy (non-hydrogen) atoms. The molecule has 16 atom stereocenters. The summed E-state index contributed by atoms with van der Waals surface area (Å²) >= 11 is 0. The molecule has 7 aliphatic rings. The number of aromatic nitrogens is 9. The Morgan fingerprint density at radius 2 is 1.43 bits per heavy atom. The van der Waals surface area contributed by atoms with E-state index in [1.807, 2.05) is 81.8 Å². The Morgan fingerprint density at radius 3 is 2.18 bits per heavy atom. The first-order valence-corrected chi connectivity index (χ1v) is 49.0. The van der Waals surface area contributed by atoms with Crippen molar-refractivity contribution >= 4 is 93.1 Å². The van der Waals surface area contributed by atoms with Crippen molar-refractivity contribution in [2.24, 2.45) is 35.3 Å². The van der Waals surface area contributed by atoms with Crippen molar-refractivity contribution in [1.29, 1.82) is 0 Å². The van der Waals surface area contributed by atoms with E-state index in [1.165, 1.54) is 13.4 Å². The molecule has 5 aromatic heterocycles. The molecule has 12 N–H and O–H groups in total. The minimum absolute atomic E-state index is 0.00283. The van der Waals surface area contributed by atoms with Crippen molar-refractivity contribution in [2.75, 3.05) is 140 Å². The number of ether oxygens (including phenoxy) is 7. The van der Waals surface area contributed by atoms with Crippen molar-refractivity contribution in [2.45, 2.75) is 224 Å². The fourth-order valence-electron chi connectivity index (χ4n) is 19.7. The number of amides is 5. The molecule has 6 aliphatic heterocycles. The number of cyclic esters (lactones) is 1. The van der Waals surface area contributed by atoms with Gasteiger partial charge in [-0.3, -0.25) is 33.7 Å². The Labute approximate surface area is 814 Å². The number of methoxy groups -OCH3 is 2. The van der Waals surface area contributed by atoms with Gasteiger partial charge in [-0.2, -0.15) is 10.1 Å². The molecule has 5 fully saturated rings. The molecule has 4 saturated heterocycles. The fourth-order valence-corrected chi connectivity index (χ4v) is 19.7. The zero-order valence-corrected chi connectivity index (χ0v) is 81.3. The minimum Gasteiger partial charge on any atom is -0.459 e. The molecule has 11 heterocycles. The molecular weight excluding hydrogens is 1800 g/mol. The number of nitrogens with zero attached hydrogens (tertiary/aromatic N) is 15. The second-order valence-corrected chi connectivity index (χ2v) is 38.2. The van der Waals surface area contributed by atoms with Gasteiger partial charge in [0.05, 0.1) is 74.8 Å². The number of piperazine rings is 2. The number of aliphatic hydroxyl groups is 4. The van der Waals surface area contributed by atoms with Gasteiger partial charge in [-0.15, -0.1) is 0 Å². The van der Waals surface area contributed by atoms with Crippen LogP contribution in [0.25, 0.3) is 33.4 Å². The standard InChI is InChI=1S/C100H136N20O20/c1-60-14-10-9-11-15-61(2)80(133-7)50-73-22-17-65(6)100(132,140-73)90(127)94(129)119-29-13-12-16-76(119)95(130)137-81(51-77(121)62(3)45-64(5)88(125)89(126)87(124)63(4)44-60)74(101)47-66-19-23-79(82(48-66)134-8)139-99(131)104-28-42-135-40-26-83(122)105-52-68-53-106-97(107-54-68)117-37-35-115(36-38-117)84(123)27-41-136-43-39-114-31-33-116(34-32-114)98-108-55-72(56-109-98)93(128)118-30-25-69-46-67(18-20-71(69)58-118)57-120-92-85(91(102)110-59-111-92)86(113-120)70-21-24-78-75(49-70)112-96(103)138-78/h9-11,14-15,18,20-21,24,45-46,49,53-56,59-60,62-63,65-66,73-74,76-77,79-82,88-89,121,125-126,132H,12-13,16-17,19,22-23,25-44,47-48,50-52,57-58,101H2,1-8H3,(H2,103,112)(H,104,131)(H,105,122)(H2,102,110,111)/b11-9?,14-10+,61-15?,64-45+/t60-,62-,63-,65-,66+,73+,74-,76+,77-,79-,80+,81+,82-,88-,89+,100-/m1/s1. The van der Waals surface area contributed by atoms with Crippen LogP contribution in [-0.4, -0.2) is 318 Å². The number of fused-ring (bicyclic) bond motifs is 6. The molecular formula is C100H136N20O20. The third kappa shape index (κ3) is 26.5. The first-order valence-electron chi connectivity index (χ1n) is 49.0. The average Bonchev–Trinajstić information content (AvgIpc) is 1.63. The maximum absolute atomic E-state index is 14.7. The number of nitrogens with two attached hydrogens (primary N) is 3. The Hall–Kier alpha value is -11.7. The normalized spacial score (nSPS) is 26.9. The number of hydrogen-bond acceptors (Lipinski definition) is 34. The van der Waals surface area contributed by atoms with Gasteiger partial charge >= 0.3 is 12.1 Å². The van der Waals surface area contributed by atoms with E-state index in [0.29, 0.717) is 193 Å². The highest BCUT2D eigenvalue weighted by Gasteiger charge is 2.54. The summed E-state index contributed by atoms with van der Waals surface area (Å²) in [7, 11) is 3.06. The van der Waals surface area contributed by atoms with Crippen molar-refractivity contribution in [1.82, 2.24) is 74.9 Å². The van der Waals surface area contributed by atoms with Gasteiger partial charge in [-0.25, -0.2) is 44.2 Å². The number of aliphatic hydroxyl groups excluding tert-OH is 3. The van der Waals surface area contributed by atoms with Gasteiger partial charge in [-0.1, -0.05) is 82.4 Å². The molecule has 0 spiro atoms. The first kappa shape index (κ1) is 104. The molecule has 756 valence electrons. The second-order valence-electron chi connectivity index (χ2n) is 38.2. The molecule has 40 nitrogen and oxygen atoms in total. The smallest absolute Gasteiger partial charge is 0.407 e. The number of allylic oxidation sites excluding steroid dienone is 5. The van der Waals surface area contributed by atoms with E-state index in [1.54, 1.807) is 71.7 Å². The van der Waals surface area contributed by atoms with Crippen LogP contribution < -0.4 is 37.6 Å². The lowest BCUT2D eigenvalue weighted by Crippen LogP contribution is -2.61. The number of carbonyl (C=O) groups is 8. The Morgan fingerprint density at radius 1 is 0.693 bits per heavy atom. The topological polar surface area (TPSA) is 525 Å². The number of alkyl carbamates (subject to hydrolysis) is 1. The number of nitrogen functional groups attached to an aromatic ring is 2. The van der Waals surface area contributed by atoms with Crippen molar-refractivity contribution < 1.29 is 96.4 Å². The molecule has 5 amide bonds. The zero-order chi connectivity index (χ0) is 99.4. The number of rotatable bonds is 26. The fraction of sp³-hybridized carbons (Fsp3) is 0.580. The van der Waals surface area contributed by atoms with E-state index in [-0.39, 0.29) is 113 Å². The number of oxazole rings is 1. The summed E-state index contributed by atoms with van der Waals surface area (Å²) in [4.78, 5) is 153. The predicted molar refractivity (Wildman–Crippen MR) is 518 cm³/mol. The van der Waals surface area contributed by atoms with Crippen LogP contribution in [0.15, 0.2) is 120 Å². The van der Waals surface area contributed by atoms with Crippen molar-refractivity contribution in [3.63, 3.8) is 0 Å². The van der Waals surface area contributed by atoms with Crippen LogP contribution in [-0.2, 0) is 88.0 Å². The van der Waals surface area contributed by atoms with Crippen molar-refractivity contribution in [3.05, 3.63) is 143 Å². The van der Waals surface area contributed by atoms with Gasteiger partial charge in [0.25, 0.3) is 23.6 Å². The number of anilines is 4. The van der Waals surface area contributed by atoms with Crippen LogP contribution >= 0.6 is 0 Å². The van der Waals surface area contributed by atoms with E-state index in [9.17, 15) is 58.8 Å². The lowest BCUT2D eigenvalue weighted by molar-refractivity contribution is -0.265. The van der Waals surface area contributed by atoms with E-state index in [0.717, 1.165) is 45.8 Å². The molecule has 40 heteroatoms. The molecule has 2 aromatic carbocycles. The second kappa shape index (κ2) is 48.7. The Bertz CT molecular complexity index is 5570. The minimum atomic E-state index is -2.51. The van der Waals surface area contributed by atoms with Crippen LogP contribution in [0.4, 0.5) is 28.5 Å².